The van der Waals surface area contributed by atoms with Crippen molar-refractivity contribution in [2.24, 2.45) is 23.5 Å². The first kappa shape index (κ1) is 11.5. The Hall–Kier alpha value is -0.570. The van der Waals surface area contributed by atoms with Gasteiger partial charge in [0, 0.05) is 12.1 Å². The molecule has 17 heavy (non-hydrogen) atoms. The second-order valence-electron chi connectivity index (χ2n) is 6.34. The molecule has 96 valence electrons. The molecule has 0 aromatic carbocycles. The van der Waals surface area contributed by atoms with Gasteiger partial charge in [0.1, 0.15) is 0 Å². The first-order valence-electron chi connectivity index (χ1n) is 7.30. The van der Waals surface area contributed by atoms with Crippen LogP contribution < -0.4 is 11.1 Å². The number of nitrogens with two attached hydrogens (primary N) is 1. The molecule has 3 N–H and O–H groups in total. The number of carbonyl (C=O) groups is 1. The van der Waals surface area contributed by atoms with Gasteiger partial charge < -0.3 is 11.1 Å². The summed E-state index contributed by atoms with van der Waals surface area (Å²) in [7, 11) is 0. The smallest absolute Gasteiger partial charge is 0.224 e. The van der Waals surface area contributed by atoms with E-state index in [9.17, 15) is 4.79 Å². The molecular weight excluding hydrogens is 212 g/mol. The summed E-state index contributed by atoms with van der Waals surface area (Å²) in [5.74, 6) is 1.99. The van der Waals surface area contributed by atoms with Crippen LogP contribution in [0.25, 0.3) is 0 Å². The van der Waals surface area contributed by atoms with Crippen LogP contribution >= 0.6 is 0 Å². The third-order valence-corrected chi connectivity index (χ3v) is 5.22. The topological polar surface area (TPSA) is 55.1 Å². The van der Waals surface area contributed by atoms with Crippen LogP contribution in [0.15, 0.2) is 0 Å². The summed E-state index contributed by atoms with van der Waals surface area (Å²) >= 11 is 0. The highest BCUT2D eigenvalue weighted by Crippen LogP contribution is 2.44. The Morgan fingerprint density at radius 2 is 1.88 bits per heavy atom. The fourth-order valence-electron chi connectivity index (χ4n) is 4.20. The second-order valence-corrected chi connectivity index (χ2v) is 6.34. The molecular formula is C14H24N2O. The first-order valence-corrected chi connectivity index (χ1v) is 7.30. The summed E-state index contributed by atoms with van der Waals surface area (Å²) in [6.07, 6.45) is 9.66. The number of hydrogen-bond acceptors (Lipinski definition) is 2. The van der Waals surface area contributed by atoms with E-state index in [1.165, 1.54) is 38.5 Å². The van der Waals surface area contributed by atoms with E-state index in [4.69, 9.17) is 5.73 Å². The third-order valence-electron chi connectivity index (χ3n) is 5.22. The minimum Gasteiger partial charge on any atom is -0.353 e. The van der Waals surface area contributed by atoms with Gasteiger partial charge in [0.05, 0.1) is 5.92 Å². The van der Waals surface area contributed by atoms with Gasteiger partial charge in [0.25, 0.3) is 0 Å². The van der Waals surface area contributed by atoms with Gasteiger partial charge in [0.2, 0.25) is 5.91 Å². The predicted molar refractivity (Wildman–Crippen MR) is 67.3 cm³/mol. The van der Waals surface area contributed by atoms with Crippen molar-refractivity contribution in [3.05, 3.63) is 0 Å². The van der Waals surface area contributed by atoms with Crippen LogP contribution in [0.3, 0.4) is 0 Å². The molecule has 3 heteroatoms. The summed E-state index contributed by atoms with van der Waals surface area (Å²) in [6.45, 7) is 0. The van der Waals surface area contributed by atoms with Crippen molar-refractivity contribution >= 4 is 5.91 Å². The number of rotatable bonds is 2. The number of amides is 1. The predicted octanol–water partition coefficient (Wildman–Crippen LogP) is 1.81. The molecule has 0 aliphatic heterocycles. The molecule has 5 atom stereocenters. The first-order chi connectivity index (χ1) is 8.24. The fraction of sp³-hybridized carbons (Fsp3) is 0.929. The largest absolute Gasteiger partial charge is 0.353 e. The minimum atomic E-state index is 0.0860. The van der Waals surface area contributed by atoms with Gasteiger partial charge in [-0.05, 0) is 43.9 Å². The molecule has 5 unspecified atom stereocenters. The lowest BCUT2D eigenvalue weighted by atomic mass is 9.84. The lowest BCUT2D eigenvalue weighted by Gasteiger charge is -2.30. The molecule has 0 spiro atoms. The molecule has 3 rings (SSSR count). The van der Waals surface area contributed by atoms with E-state index in [2.05, 4.69) is 5.32 Å². The van der Waals surface area contributed by atoms with Gasteiger partial charge in [-0.15, -0.1) is 0 Å². The number of fused-ring (bicyclic) bond motifs is 2. The molecule has 0 saturated heterocycles. The molecule has 0 aromatic heterocycles. The van der Waals surface area contributed by atoms with Gasteiger partial charge in [0.15, 0.2) is 0 Å². The number of hydrogen-bond donors (Lipinski definition) is 2. The monoisotopic (exact) mass is 236 g/mol. The van der Waals surface area contributed by atoms with E-state index >= 15 is 0 Å². The lowest BCUT2D eigenvalue weighted by Crippen LogP contribution is -2.48. The van der Waals surface area contributed by atoms with E-state index in [0.29, 0.717) is 6.04 Å². The molecule has 3 fully saturated rings. The summed E-state index contributed by atoms with van der Waals surface area (Å²) in [6, 6.07) is 0.567. The average Bonchev–Trinajstić information content (AvgIpc) is 2.91. The van der Waals surface area contributed by atoms with Crippen LogP contribution in [0.4, 0.5) is 0 Å². The zero-order chi connectivity index (χ0) is 11.8. The van der Waals surface area contributed by atoms with Crippen molar-refractivity contribution in [1.29, 1.82) is 0 Å². The molecule has 0 aromatic rings. The molecule has 1 amide bonds. The van der Waals surface area contributed by atoms with Crippen LogP contribution in [0.2, 0.25) is 0 Å². The van der Waals surface area contributed by atoms with Crippen LogP contribution in [0, 0.1) is 17.8 Å². The Morgan fingerprint density at radius 1 is 1.06 bits per heavy atom. The highest BCUT2D eigenvalue weighted by atomic mass is 16.2. The van der Waals surface area contributed by atoms with Crippen molar-refractivity contribution in [1.82, 2.24) is 5.32 Å². The fourth-order valence-corrected chi connectivity index (χ4v) is 4.20. The Labute approximate surface area is 104 Å². The van der Waals surface area contributed by atoms with Crippen molar-refractivity contribution < 1.29 is 4.79 Å². The van der Waals surface area contributed by atoms with Crippen LogP contribution in [0.5, 0.6) is 0 Å². The molecule has 3 aliphatic rings. The quantitative estimate of drug-likeness (QED) is 0.768. The molecule has 3 saturated carbocycles. The van der Waals surface area contributed by atoms with Gasteiger partial charge in [-0.3, -0.25) is 4.79 Å². The van der Waals surface area contributed by atoms with Crippen molar-refractivity contribution in [2.75, 3.05) is 0 Å². The van der Waals surface area contributed by atoms with Crippen molar-refractivity contribution in [3.63, 3.8) is 0 Å². The SMILES string of the molecule is NC1CCCCC1C(=O)NC1CC2CCC1C2. The lowest BCUT2D eigenvalue weighted by molar-refractivity contribution is -0.127. The van der Waals surface area contributed by atoms with E-state index in [0.717, 1.165) is 24.7 Å². The van der Waals surface area contributed by atoms with E-state index in [1.807, 2.05) is 0 Å². The van der Waals surface area contributed by atoms with Gasteiger partial charge in [-0.2, -0.15) is 0 Å². The maximum atomic E-state index is 12.2. The summed E-state index contributed by atoms with van der Waals surface area (Å²) < 4.78 is 0. The average molecular weight is 236 g/mol. The summed E-state index contributed by atoms with van der Waals surface area (Å²) in [5.41, 5.74) is 6.07. The standard InChI is InChI=1S/C14H24N2O/c15-12-4-2-1-3-11(12)14(17)16-13-8-9-5-6-10(13)7-9/h9-13H,1-8,15H2,(H,16,17). The molecule has 3 nitrogen and oxygen atoms in total. The highest BCUT2D eigenvalue weighted by molar-refractivity contribution is 5.79. The molecule has 0 radical (unpaired) electrons. The van der Waals surface area contributed by atoms with Gasteiger partial charge >= 0.3 is 0 Å². The highest BCUT2D eigenvalue weighted by Gasteiger charge is 2.41. The number of nitrogens with one attached hydrogen (secondary N) is 1. The molecule has 3 aliphatic carbocycles. The normalized spacial score (nSPS) is 44.9. The summed E-state index contributed by atoms with van der Waals surface area (Å²) in [5, 5.41) is 3.29. The maximum Gasteiger partial charge on any atom is 0.224 e. The van der Waals surface area contributed by atoms with Gasteiger partial charge in [-0.1, -0.05) is 19.3 Å². The second kappa shape index (κ2) is 4.60. The van der Waals surface area contributed by atoms with Crippen LogP contribution in [-0.4, -0.2) is 18.0 Å². The van der Waals surface area contributed by atoms with Gasteiger partial charge in [-0.25, -0.2) is 0 Å². The van der Waals surface area contributed by atoms with Crippen molar-refractivity contribution in [3.8, 4) is 0 Å². The van der Waals surface area contributed by atoms with E-state index < -0.39 is 0 Å². The van der Waals surface area contributed by atoms with Crippen molar-refractivity contribution in [2.45, 2.75) is 63.5 Å². The Bertz CT molecular complexity index is 305. The maximum absolute atomic E-state index is 12.2. The Kier molecular flexibility index (Phi) is 3.12. The van der Waals surface area contributed by atoms with E-state index in [-0.39, 0.29) is 17.9 Å². The zero-order valence-corrected chi connectivity index (χ0v) is 10.5. The Morgan fingerprint density at radius 3 is 2.53 bits per heavy atom. The van der Waals surface area contributed by atoms with E-state index in [1.54, 1.807) is 0 Å². The third kappa shape index (κ3) is 2.22. The molecule has 2 bridgehead atoms. The van der Waals surface area contributed by atoms with Crippen LogP contribution in [0.1, 0.15) is 51.4 Å². The minimum absolute atomic E-state index is 0.0860. The summed E-state index contributed by atoms with van der Waals surface area (Å²) in [4.78, 5) is 12.2. The number of carbonyl (C=O) groups excluding carboxylic acids is 1. The molecule has 0 heterocycles. The Balaban J connectivity index is 1.56. The zero-order valence-electron chi connectivity index (χ0n) is 10.5. The van der Waals surface area contributed by atoms with Crippen LogP contribution in [-0.2, 0) is 4.79 Å².